The minimum Gasteiger partial charge on any atom is -0.379 e. The quantitative estimate of drug-likeness (QED) is 0.802. The number of nitrogens with two attached hydrogens (primary N) is 1. The maximum Gasteiger partial charge on any atom is 0.253 e. The maximum absolute atomic E-state index is 13.3. The number of ether oxygens (including phenoxy) is 1. The Labute approximate surface area is 111 Å². The lowest BCUT2D eigenvalue weighted by Gasteiger charge is -2.26. The Morgan fingerprint density at radius 3 is 2.68 bits per heavy atom. The first-order chi connectivity index (χ1) is 9.03. The van der Waals surface area contributed by atoms with Crippen molar-refractivity contribution in [3.05, 3.63) is 29.6 Å². The molecule has 0 aliphatic carbocycles. The summed E-state index contributed by atoms with van der Waals surface area (Å²) in [6, 6.07) is 3.57. The first-order valence-electron chi connectivity index (χ1n) is 5.86. The van der Waals surface area contributed by atoms with Crippen LogP contribution in [0.3, 0.4) is 0 Å². The van der Waals surface area contributed by atoms with Crippen LogP contribution in [-0.4, -0.2) is 39.7 Å². The molecule has 0 bridgehead atoms. The van der Waals surface area contributed by atoms with Gasteiger partial charge < -0.3 is 10.5 Å². The van der Waals surface area contributed by atoms with E-state index < -0.39 is 15.8 Å². The van der Waals surface area contributed by atoms with Crippen molar-refractivity contribution < 1.29 is 17.5 Å². The molecule has 0 saturated carbocycles. The van der Waals surface area contributed by atoms with Gasteiger partial charge in [-0.05, 0) is 18.2 Å². The fourth-order valence-corrected chi connectivity index (χ4v) is 2.92. The van der Waals surface area contributed by atoms with Gasteiger partial charge in [-0.2, -0.15) is 0 Å². The molecule has 1 heterocycles. The Morgan fingerprint density at radius 1 is 1.37 bits per heavy atom. The van der Waals surface area contributed by atoms with Gasteiger partial charge in [0.1, 0.15) is 5.82 Å². The van der Waals surface area contributed by atoms with Crippen LogP contribution in [0.5, 0.6) is 0 Å². The van der Waals surface area contributed by atoms with Gasteiger partial charge in [0.05, 0.1) is 18.1 Å². The first-order valence-corrected chi connectivity index (χ1v) is 7.35. The lowest BCUT2D eigenvalue weighted by atomic mass is 10.2. The Hall–Kier alpha value is -1.06. The monoisotopic (exact) mass is 289 g/mol. The zero-order chi connectivity index (χ0) is 13.9. The number of hydrazine groups is 1. The molecule has 1 aromatic rings. The molecular formula is C11H16FN3O3S. The number of halogens is 1. The maximum atomic E-state index is 13.3. The first kappa shape index (κ1) is 14.4. The van der Waals surface area contributed by atoms with Gasteiger partial charge in [-0.3, -0.25) is 0 Å². The van der Waals surface area contributed by atoms with E-state index in [2.05, 4.69) is 4.83 Å². The molecular weight excluding hydrogens is 273 g/mol. The molecule has 0 unspecified atom stereocenters. The molecule has 0 amide bonds. The lowest BCUT2D eigenvalue weighted by molar-refractivity contribution is 0.0272. The van der Waals surface area contributed by atoms with Crippen LogP contribution >= 0.6 is 0 Å². The molecule has 0 radical (unpaired) electrons. The topological polar surface area (TPSA) is 84.7 Å². The van der Waals surface area contributed by atoms with Crippen molar-refractivity contribution in [2.75, 3.05) is 26.3 Å². The van der Waals surface area contributed by atoms with Gasteiger partial charge in [-0.1, -0.05) is 0 Å². The van der Waals surface area contributed by atoms with E-state index in [0.717, 1.165) is 6.07 Å². The van der Waals surface area contributed by atoms with Gasteiger partial charge in [0.2, 0.25) is 0 Å². The number of rotatable bonds is 4. The van der Waals surface area contributed by atoms with Crippen molar-refractivity contribution in [3.8, 4) is 0 Å². The Morgan fingerprint density at radius 2 is 2.05 bits per heavy atom. The molecule has 0 atom stereocenters. The molecule has 3 N–H and O–H groups in total. The largest absolute Gasteiger partial charge is 0.379 e. The third kappa shape index (κ3) is 3.48. The molecule has 1 saturated heterocycles. The summed E-state index contributed by atoms with van der Waals surface area (Å²) in [6.45, 7) is 1.85. The second kappa shape index (κ2) is 5.93. The molecule has 106 valence electrons. The number of hydrogen-bond donors (Lipinski definition) is 2. The molecule has 6 nitrogen and oxygen atoms in total. The molecule has 0 spiro atoms. The molecule has 1 aliphatic heterocycles. The molecule has 1 aliphatic rings. The minimum absolute atomic E-state index is 0.000779. The second-order valence-electron chi connectivity index (χ2n) is 4.15. The van der Waals surface area contributed by atoms with Crippen molar-refractivity contribution in [1.29, 1.82) is 0 Å². The molecule has 2 rings (SSSR count). The van der Waals surface area contributed by atoms with Crippen LogP contribution < -0.4 is 10.6 Å². The zero-order valence-electron chi connectivity index (χ0n) is 10.3. The van der Waals surface area contributed by atoms with Crippen LogP contribution in [0.1, 0.15) is 5.56 Å². The van der Waals surface area contributed by atoms with Crippen LogP contribution in [-0.2, 0) is 21.3 Å². The number of nitrogens with zero attached hydrogens (tertiary/aromatic N) is 1. The fourth-order valence-electron chi connectivity index (χ4n) is 1.75. The smallest absolute Gasteiger partial charge is 0.253 e. The van der Waals surface area contributed by atoms with Crippen molar-refractivity contribution in [3.63, 3.8) is 0 Å². The number of benzene rings is 1. The standard InChI is InChI=1S/C11H16FN3O3S/c12-11-2-1-10(7-9(11)8-13)19(16,17)14-15-3-5-18-6-4-15/h1-2,7,14H,3-6,8,13H2. The fraction of sp³-hybridized carbons (Fsp3) is 0.455. The normalized spacial score (nSPS) is 17.6. The van der Waals surface area contributed by atoms with E-state index >= 15 is 0 Å². The van der Waals surface area contributed by atoms with E-state index in [1.54, 1.807) is 5.01 Å². The lowest BCUT2D eigenvalue weighted by Crippen LogP contribution is -2.48. The van der Waals surface area contributed by atoms with Gasteiger partial charge in [0, 0.05) is 25.2 Å². The van der Waals surface area contributed by atoms with Crippen LogP contribution in [0.15, 0.2) is 23.1 Å². The van der Waals surface area contributed by atoms with E-state index in [-0.39, 0.29) is 17.0 Å². The highest BCUT2D eigenvalue weighted by Crippen LogP contribution is 2.15. The summed E-state index contributed by atoms with van der Waals surface area (Å²) < 4.78 is 42.7. The molecule has 1 fully saturated rings. The SMILES string of the molecule is NCc1cc(S(=O)(=O)NN2CCOCC2)ccc1F. The van der Waals surface area contributed by atoms with Crippen molar-refractivity contribution >= 4 is 10.0 Å². The highest BCUT2D eigenvalue weighted by Gasteiger charge is 2.21. The predicted molar refractivity (Wildman–Crippen MR) is 67.0 cm³/mol. The van der Waals surface area contributed by atoms with Crippen LogP contribution in [0, 0.1) is 5.82 Å². The van der Waals surface area contributed by atoms with Crippen molar-refractivity contribution in [1.82, 2.24) is 9.84 Å². The van der Waals surface area contributed by atoms with E-state index in [9.17, 15) is 12.8 Å². The average Bonchev–Trinajstić information content (AvgIpc) is 2.39. The summed E-state index contributed by atoms with van der Waals surface area (Å²) in [6.07, 6.45) is 0. The summed E-state index contributed by atoms with van der Waals surface area (Å²) >= 11 is 0. The average molecular weight is 289 g/mol. The molecule has 1 aromatic carbocycles. The third-order valence-corrected chi connectivity index (χ3v) is 4.18. The van der Waals surface area contributed by atoms with Gasteiger partial charge in [0.25, 0.3) is 10.0 Å². The molecule has 8 heteroatoms. The van der Waals surface area contributed by atoms with Crippen LogP contribution in [0.2, 0.25) is 0 Å². The van der Waals surface area contributed by atoms with Gasteiger partial charge in [-0.15, -0.1) is 4.83 Å². The Balaban J connectivity index is 2.18. The Bertz CT molecular complexity index is 544. The Kier molecular flexibility index (Phi) is 4.48. The summed E-state index contributed by atoms with van der Waals surface area (Å²) in [5.74, 6) is -0.507. The van der Waals surface area contributed by atoms with E-state index in [1.807, 2.05) is 0 Å². The number of sulfonamides is 1. The highest BCUT2D eigenvalue weighted by atomic mass is 32.2. The van der Waals surface area contributed by atoms with Gasteiger partial charge in [0.15, 0.2) is 0 Å². The van der Waals surface area contributed by atoms with Crippen LogP contribution in [0.25, 0.3) is 0 Å². The van der Waals surface area contributed by atoms with E-state index in [4.69, 9.17) is 10.5 Å². The second-order valence-corrected chi connectivity index (χ2v) is 5.81. The van der Waals surface area contributed by atoms with E-state index in [1.165, 1.54) is 12.1 Å². The number of nitrogens with one attached hydrogen (secondary N) is 1. The summed E-state index contributed by atoms with van der Waals surface area (Å²) in [5, 5.41) is 1.56. The third-order valence-electron chi connectivity index (χ3n) is 2.81. The van der Waals surface area contributed by atoms with Gasteiger partial charge >= 0.3 is 0 Å². The summed E-state index contributed by atoms with van der Waals surface area (Å²) in [5.41, 5.74) is 5.54. The molecule has 0 aromatic heterocycles. The summed E-state index contributed by atoms with van der Waals surface area (Å²) in [4.78, 5) is 2.45. The predicted octanol–water partition coefficient (Wildman–Crippen LogP) is -0.190. The van der Waals surface area contributed by atoms with Crippen molar-refractivity contribution in [2.24, 2.45) is 5.73 Å². The number of hydrogen-bond acceptors (Lipinski definition) is 5. The zero-order valence-corrected chi connectivity index (χ0v) is 11.1. The van der Waals surface area contributed by atoms with E-state index in [0.29, 0.717) is 26.3 Å². The minimum atomic E-state index is -3.71. The van der Waals surface area contributed by atoms with Crippen molar-refractivity contribution in [2.45, 2.75) is 11.4 Å². The highest BCUT2D eigenvalue weighted by molar-refractivity contribution is 7.89. The van der Waals surface area contributed by atoms with Gasteiger partial charge in [-0.25, -0.2) is 17.8 Å². The summed E-state index contributed by atoms with van der Waals surface area (Å²) in [7, 11) is -3.71. The molecule has 19 heavy (non-hydrogen) atoms. The van der Waals surface area contributed by atoms with Crippen LogP contribution in [0.4, 0.5) is 4.39 Å². The number of morpholine rings is 1.